The lowest BCUT2D eigenvalue weighted by Gasteiger charge is -2.29. The fourth-order valence-electron chi connectivity index (χ4n) is 4.09. The van der Waals surface area contributed by atoms with Gasteiger partial charge in [-0.1, -0.05) is 58.3 Å². The van der Waals surface area contributed by atoms with Crippen LogP contribution < -0.4 is 5.11 Å². The van der Waals surface area contributed by atoms with Crippen LogP contribution in [0, 0.1) is 29.1 Å². The normalized spacial score (nSPS) is 14.8. The van der Waals surface area contributed by atoms with E-state index in [0.29, 0.717) is 0 Å². The first kappa shape index (κ1) is 28.3. The maximum absolute atomic E-state index is 12.5. The Bertz CT molecular complexity index is 692. The molecule has 2 rings (SSSR count). The topological polar surface area (TPSA) is 40.1 Å². The fraction of sp³-hybridized carbons (Fsp3) is 0.708. The Labute approximate surface area is 188 Å². The van der Waals surface area contributed by atoms with Crippen LogP contribution in [0.15, 0.2) is 0 Å². The Morgan fingerprint density at radius 1 is 0.719 bits per heavy atom. The monoisotopic (exact) mass is 465 g/mol. The number of hydrogen-bond acceptors (Lipinski definition) is 2. The van der Waals surface area contributed by atoms with E-state index in [9.17, 15) is 31.9 Å². The van der Waals surface area contributed by atoms with E-state index in [4.69, 9.17) is 0 Å². The summed E-state index contributed by atoms with van der Waals surface area (Å²) in [5.74, 6) is -14.4. The Morgan fingerprint density at radius 2 is 1.09 bits per heavy atom. The summed E-state index contributed by atoms with van der Waals surface area (Å²) in [6.45, 7) is 6.62. The number of benzene rings is 1. The van der Waals surface area contributed by atoms with Crippen molar-refractivity contribution < 1.29 is 36.3 Å². The zero-order valence-electron chi connectivity index (χ0n) is 19.3. The number of nitrogens with zero attached hydrogens (tertiary/aromatic N) is 1. The highest BCUT2D eigenvalue weighted by Gasteiger charge is 2.26. The lowest BCUT2D eigenvalue weighted by molar-refractivity contribution is -0.897. The van der Waals surface area contributed by atoms with Crippen molar-refractivity contribution in [2.45, 2.75) is 84.0 Å². The van der Waals surface area contributed by atoms with E-state index in [1.807, 2.05) is 0 Å². The second kappa shape index (κ2) is 14.4. The summed E-state index contributed by atoms with van der Waals surface area (Å²) in [5.41, 5.74) is -1.97. The van der Waals surface area contributed by atoms with Crippen LogP contribution >= 0.6 is 0 Å². The van der Waals surface area contributed by atoms with Crippen molar-refractivity contribution in [1.29, 1.82) is 0 Å². The van der Waals surface area contributed by atoms with E-state index in [0.717, 1.165) is 0 Å². The van der Waals surface area contributed by atoms with Crippen LogP contribution in [0.2, 0.25) is 0 Å². The van der Waals surface area contributed by atoms with Crippen LogP contribution in [0.5, 0.6) is 0 Å². The predicted molar refractivity (Wildman–Crippen MR) is 112 cm³/mol. The molecule has 1 aromatic carbocycles. The molecular weight excluding hydrogens is 429 g/mol. The van der Waals surface area contributed by atoms with Gasteiger partial charge in [0, 0.05) is 12.8 Å². The predicted octanol–water partition coefficient (Wildman–Crippen LogP) is 5.89. The average molecular weight is 466 g/mol. The quantitative estimate of drug-likeness (QED) is 0.127. The molecule has 1 fully saturated rings. The molecule has 1 aliphatic rings. The van der Waals surface area contributed by atoms with Gasteiger partial charge in [0.15, 0.2) is 23.3 Å². The average Bonchev–Trinajstić information content (AvgIpc) is 3.19. The van der Waals surface area contributed by atoms with E-state index in [-0.39, 0.29) is 0 Å². The Morgan fingerprint density at radius 3 is 1.50 bits per heavy atom. The molecule has 3 nitrogen and oxygen atoms in total. The number of aromatic carboxylic acids is 1. The second-order valence-corrected chi connectivity index (χ2v) is 8.91. The van der Waals surface area contributed by atoms with Crippen molar-refractivity contribution in [3.8, 4) is 0 Å². The summed E-state index contributed by atoms with van der Waals surface area (Å²) in [7, 11) is 2.46. The third-order valence-corrected chi connectivity index (χ3v) is 6.11. The van der Waals surface area contributed by atoms with Gasteiger partial charge in [-0.3, -0.25) is 0 Å². The van der Waals surface area contributed by atoms with Gasteiger partial charge in [-0.15, -0.1) is 0 Å². The highest BCUT2D eigenvalue weighted by atomic mass is 19.2. The summed E-state index contributed by atoms with van der Waals surface area (Å²) in [5, 5.41) is 10.0. The molecule has 0 spiro atoms. The van der Waals surface area contributed by atoms with E-state index in [2.05, 4.69) is 14.0 Å². The minimum atomic E-state index is -2.47. The molecule has 0 unspecified atom stereocenters. The number of carbonyl (C=O) groups excluding carboxylic acids is 1. The van der Waals surface area contributed by atoms with Gasteiger partial charge in [0.25, 0.3) is 0 Å². The molecule has 1 heterocycles. The summed E-state index contributed by atoms with van der Waals surface area (Å²) in [4.78, 5) is 10.0. The molecular formula is C24H36F5NO2. The first-order valence-corrected chi connectivity index (χ1v) is 11.7. The molecule has 0 bridgehead atoms. The van der Waals surface area contributed by atoms with E-state index < -0.39 is 40.6 Å². The van der Waals surface area contributed by atoms with Gasteiger partial charge in [0.2, 0.25) is 5.82 Å². The number of rotatable bonds is 12. The first-order chi connectivity index (χ1) is 15.1. The molecule has 0 N–H and O–H groups in total. The maximum Gasteiger partial charge on any atom is 0.200 e. The fourth-order valence-corrected chi connectivity index (χ4v) is 4.09. The first-order valence-electron chi connectivity index (χ1n) is 11.7. The molecule has 0 radical (unpaired) electrons. The standard InChI is InChI=1S/C17H36N.C7HF5O2/c1-3-4-5-6-7-8-9-10-11-12-15-18(2)16-13-14-17-18;8-2-1(7(13)14)3(9)5(11)6(12)4(2)10/h3-17H2,1-2H3;(H,13,14)/q+1;/p-1. The zero-order valence-corrected chi connectivity index (χ0v) is 19.3. The minimum absolute atomic E-state index is 1.37. The van der Waals surface area contributed by atoms with Crippen LogP contribution in [-0.2, 0) is 0 Å². The SMILES string of the molecule is CCCCCCCCCCCC[N+]1(C)CCCC1.O=C([O-])c1c(F)c(F)c(F)c(F)c1F. The third kappa shape index (κ3) is 9.04. The number of carboxylic acids is 1. The molecule has 0 aliphatic carbocycles. The molecule has 0 saturated carbocycles. The van der Waals surface area contributed by atoms with Crippen LogP contribution in [0.4, 0.5) is 22.0 Å². The van der Waals surface area contributed by atoms with Crippen molar-refractivity contribution >= 4 is 5.97 Å². The van der Waals surface area contributed by atoms with Gasteiger partial charge in [0.1, 0.15) is 0 Å². The van der Waals surface area contributed by atoms with Crippen LogP contribution in [0.1, 0.15) is 94.3 Å². The molecule has 184 valence electrons. The number of halogens is 5. The van der Waals surface area contributed by atoms with E-state index >= 15 is 0 Å². The van der Waals surface area contributed by atoms with Crippen molar-refractivity contribution in [1.82, 2.24) is 0 Å². The molecule has 1 aliphatic heterocycles. The van der Waals surface area contributed by atoms with Gasteiger partial charge < -0.3 is 14.4 Å². The van der Waals surface area contributed by atoms with Gasteiger partial charge in [-0.25, -0.2) is 22.0 Å². The highest BCUT2D eigenvalue weighted by molar-refractivity contribution is 5.86. The van der Waals surface area contributed by atoms with Crippen molar-refractivity contribution in [2.75, 3.05) is 26.7 Å². The van der Waals surface area contributed by atoms with Crippen molar-refractivity contribution in [3.63, 3.8) is 0 Å². The minimum Gasteiger partial charge on any atom is -0.545 e. The van der Waals surface area contributed by atoms with E-state index in [1.54, 1.807) is 0 Å². The van der Waals surface area contributed by atoms with Crippen molar-refractivity contribution in [2.24, 2.45) is 0 Å². The zero-order chi connectivity index (χ0) is 24.1. The number of quaternary nitrogens is 1. The Kier molecular flexibility index (Phi) is 12.8. The molecule has 0 amide bonds. The van der Waals surface area contributed by atoms with Gasteiger partial charge >= 0.3 is 0 Å². The smallest absolute Gasteiger partial charge is 0.200 e. The molecule has 32 heavy (non-hydrogen) atoms. The van der Waals surface area contributed by atoms with Gasteiger partial charge in [-0.05, 0) is 12.8 Å². The number of hydrogen-bond donors (Lipinski definition) is 0. The van der Waals surface area contributed by atoms with Gasteiger partial charge in [0.05, 0.1) is 38.2 Å². The molecule has 0 aromatic heterocycles. The number of carboxylic acid groups (broad SMARTS) is 1. The summed E-state index contributed by atoms with van der Waals surface area (Å²) < 4.78 is 63.3. The molecule has 1 aromatic rings. The van der Waals surface area contributed by atoms with E-state index in [1.165, 1.54) is 101 Å². The number of likely N-dealkylation sites (tertiary alicyclic amines) is 1. The third-order valence-electron chi connectivity index (χ3n) is 6.11. The molecule has 1 saturated heterocycles. The molecule has 0 atom stereocenters. The summed E-state index contributed by atoms with van der Waals surface area (Å²) in [6, 6.07) is 0. The highest BCUT2D eigenvalue weighted by Crippen LogP contribution is 2.22. The maximum atomic E-state index is 12.5. The van der Waals surface area contributed by atoms with Crippen LogP contribution in [0.25, 0.3) is 0 Å². The Balaban J connectivity index is 0.000000330. The summed E-state index contributed by atoms with van der Waals surface area (Å²) in [6.07, 6.45) is 17.5. The lowest BCUT2D eigenvalue weighted by atomic mass is 10.1. The van der Waals surface area contributed by atoms with Crippen LogP contribution in [0.3, 0.4) is 0 Å². The second-order valence-electron chi connectivity index (χ2n) is 8.91. The van der Waals surface area contributed by atoms with Gasteiger partial charge in [-0.2, -0.15) is 0 Å². The summed E-state index contributed by atoms with van der Waals surface area (Å²) >= 11 is 0. The number of unbranched alkanes of at least 4 members (excludes halogenated alkanes) is 9. The lowest BCUT2D eigenvalue weighted by Crippen LogP contribution is -2.41. The number of carbonyl (C=O) groups is 1. The Hall–Kier alpha value is -1.70. The largest absolute Gasteiger partial charge is 0.545 e. The molecule has 8 heteroatoms. The van der Waals surface area contributed by atoms with Crippen LogP contribution in [-0.4, -0.2) is 37.1 Å². The van der Waals surface area contributed by atoms with Crippen molar-refractivity contribution in [3.05, 3.63) is 34.6 Å².